The van der Waals surface area contributed by atoms with Gasteiger partial charge in [-0.3, -0.25) is 4.79 Å². The standard InChI is InChI=1S/C18H23NO3S/c1-12-6-7-16(10-13(12)2)18(20)19-23(21,22)17-9-8-14-4-3-5-15(14)11-17/h8-9,11,16H,3-7,10H2,1-2H3,(H,19,20). The monoisotopic (exact) mass is 333 g/mol. The van der Waals surface area contributed by atoms with Crippen LogP contribution in [0.2, 0.25) is 0 Å². The highest BCUT2D eigenvalue weighted by atomic mass is 32.2. The molecule has 0 fully saturated rings. The van der Waals surface area contributed by atoms with Crippen molar-refractivity contribution < 1.29 is 13.2 Å². The van der Waals surface area contributed by atoms with Crippen LogP contribution in [0.25, 0.3) is 0 Å². The molecule has 0 saturated carbocycles. The van der Waals surface area contributed by atoms with Gasteiger partial charge in [-0.25, -0.2) is 13.1 Å². The van der Waals surface area contributed by atoms with Crippen molar-refractivity contribution in [2.75, 3.05) is 0 Å². The van der Waals surface area contributed by atoms with Crippen molar-refractivity contribution in [1.29, 1.82) is 0 Å². The average Bonchev–Trinajstić information content (AvgIpc) is 2.97. The van der Waals surface area contributed by atoms with Crippen molar-refractivity contribution in [2.45, 2.75) is 57.3 Å². The maximum atomic E-state index is 12.5. The zero-order chi connectivity index (χ0) is 16.6. The van der Waals surface area contributed by atoms with Gasteiger partial charge >= 0.3 is 0 Å². The summed E-state index contributed by atoms with van der Waals surface area (Å²) >= 11 is 0. The lowest BCUT2D eigenvalue weighted by atomic mass is 9.85. The van der Waals surface area contributed by atoms with Gasteiger partial charge in [0.05, 0.1) is 4.90 Å². The summed E-state index contributed by atoms with van der Waals surface area (Å²) in [5, 5.41) is 0. The number of fused-ring (bicyclic) bond motifs is 1. The molecule has 0 aromatic heterocycles. The van der Waals surface area contributed by atoms with Crippen LogP contribution in [0.3, 0.4) is 0 Å². The summed E-state index contributed by atoms with van der Waals surface area (Å²) in [5.74, 6) is -0.625. The number of allylic oxidation sites excluding steroid dienone is 2. The van der Waals surface area contributed by atoms with Gasteiger partial charge in [0.15, 0.2) is 0 Å². The summed E-state index contributed by atoms with van der Waals surface area (Å²) in [7, 11) is -3.78. The highest BCUT2D eigenvalue weighted by Gasteiger charge is 2.28. The maximum Gasteiger partial charge on any atom is 0.264 e. The minimum absolute atomic E-state index is 0.200. The van der Waals surface area contributed by atoms with Gasteiger partial charge in [-0.15, -0.1) is 0 Å². The summed E-state index contributed by atoms with van der Waals surface area (Å²) < 4.78 is 27.3. The van der Waals surface area contributed by atoms with Gasteiger partial charge in [0, 0.05) is 5.92 Å². The van der Waals surface area contributed by atoms with Gasteiger partial charge in [0.1, 0.15) is 0 Å². The van der Waals surface area contributed by atoms with E-state index in [0.29, 0.717) is 12.8 Å². The van der Waals surface area contributed by atoms with E-state index in [1.54, 1.807) is 12.1 Å². The van der Waals surface area contributed by atoms with E-state index in [1.807, 2.05) is 13.0 Å². The highest BCUT2D eigenvalue weighted by molar-refractivity contribution is 7.90. The minimum atomic E-state index is -3.78. The Kier molecular flexibility index (Phi) is 4.32. The third kappa shape index (κ3) is 3.34. The summed E-state index contributed by atoms with van der Waals surface area (Å²) in [5.41, 5.74) is 4.83. The Morgan fingerprint density at radius 3 is 2.57 bits per heavy atom. The van der Waals surface area contributed by atoms with Crippen LogP contribution < -0.4 is 4.72 Å². The molecule has 4 nitrogen and oxygen atoms in total. The van der Waals surface area contributed by atoms with E-state index >= 15 is 0 Å². The van der Waals surface area contributed by atoms with E-state index in [4.69, 9.17) is 0 Å². The number of carbonyl (C=O) groups is 1. The minimum Gasteiger partial charge on any atom is -0.274 e. The molecule has 1 aromatic rings. The first-order valence-electron chi connectivity index (χ1n) is 8.20. The predicted molar refractivity (Wildman–Crippen MR) is 89.5 cm³/mol. The van der Waals surface area contributed by atoms with Crippen molar-refractivity contribution >= 4 is 15.9 Å². The van der Waals surface area contributed by atoms with Gasteiger partial charge in [0.2, 0.25) is 5.91 Å². The molecule has 5 heteroatoms. The van der Waals surface area contributed by atoms with Gasteiger partial charge in [-0.1, -0.05) is 17.2 Å². The Morgan fingerprint density at radius 2 is 1.83 bits per heavy atom. The first kappa shape index (κ1) is 16.2. The molecule has 23 heavy (non-hydrogen) atoms. The summed E-state index contributed by atoms with van der Waals surface area (Å²) in [6.07, 6.45) is 5.22. The number of rotatable bonds is 3. The molecular formula is C18H23NO3S. The second-order valence-electron chi connectivity index (χ2n) is 6.75. The molecule has 0 bridgehead atoms. The SMILES string of the molecule is CC1=C(C)CC(C(=O)NS(=O)(=O)c2ccc3c(c2)CCC3)CC1. The van der Waals surface area contributed by atoms with Gasteiger partial charge in [0.25, 0.3) is 10.0 Å². The highest BCUT2D eigenvalue weighted by Crippen LogP contribution is 2.29. The Hall–Kier alpha value is -1.62. The Labute approximate surface area is 138 Å². The number of benzene rings is 1. The maximum absolute atomic E-state index is 12.5. The van der Waals surface area contributed by atoms with Crippen LogP contribution in [0.15, 0.2) is 34.2 Å². The Bertz CT molecular complexity index is 777. The molecule has 2 aliphatic carbocycles. The largest absolute Gasteiger partial charge is 0.274 e. The lowest BCUT2D eigenvalue weighted by Gasteiger charge is -2.23. The van der Waals surface area contributed by atoms with Crippen LogP contribution in [0.5, 0.6) is 0 Å². The van der Waals surface area contributed by atoms with Crippen LogP contribution >= 0.6 is 0 Å². The number of hydrogen-bond donors (Lipinski definition) is 1. The summed E-state index contributed by atoms with van der Waals surface area (Å²) in [6.45, 7) is 4.09. The van der Waals surface area contributed by atoms with Crippen LogP contribution in [0.4, 0.5) is 0 Å². The third-order valence-electron chi connectivity index (χ3n) is 5.13. The lowest BCUT2D eigenvalue weighted by Crippen LogP contribution is -2.36. The molecular weight excluding hydrogens is 310 g/mol. The Morgan fingerprint density at radius 1 is 1.09 bits per heavy atom. The average molecular weight is 333 g/mol. The quantitative estimate of drug-likeness (QED) is 0.865. The lowest BCUT2D eigenvalue weighted by molar-refractivity contribution is -0.123. The van der Waals surface area contributed by atoms with Crippen molar-refractivity contribution in [3.8, 4) is 0 Å². The molecule has 2 aliphatic rings. The number of carbonyl (C=O) groups excluding carboxylic acids is 1. The molecule has 124 valence electrons. The van der Waals surface area contributed by atoms with Crippen LogP contribution in [0.1, 0.15) is 50.7 Å². The van der Waals surface area contributed by atoms with Crippen LogP contribution in [-0.2, 0) is 27.7 Å². The number of aryl methyl sites for hydroxylation is 2. The van der Waals surface area contributed by atoms with Crippen molar-refractivity contribution in [3.63, 3.8) is 0 Å². The van der Waals surface area contributed by atoms with E-state index in [1.165, 1.54) is 16.7 Å². The zero-order valence-electron chi connectivity index (χ0n) is 13.7. The molecule has 1 atom stereocenters. The molecule has 1 aromatic carbocycles. The molecule has 1 N–H and O–H groups in total. The zero-order valence-corrected chi connectivity index (χ0v) is 14.5. The van der Waals surface area contributed by atoms with E-state index in [-0.39, 0.29) is 16.7 Å². The van der Waals surface area contributed by atoms with Crippen LogP contribution in [-0.4, -0.2) is 14.3 Å². The molecule has 1 unspecified atom stereocenters. The van der Waals surface area contributed by atoms with Crippen molar-refractivity contribution in [1.82, 2.24) is 4.72 Å². The second kappa shape index (κ2) is 6.11. The van der Waals surface area contributed by atoms with E-state index in [9.17, 15) is 13.2 Å². The number of sulfonamides is 1. The molecule has 3 rings (SSSR count). The Balaban J connectivity index is 1.75. The second-order valence-corrected chi connectivity index (χ2v) is 8.44. The summed E-state index contributed by atoms with van der Waals surface area (Å²) in [4.78, 5) is 12.6. The molecule has 0 spiro atoms. The third-order valence-corrected chi connectivity index (χ3v) is 6.48. The first-order valence-corrected chi connectivity index (χ1v) is 9.69. The normalized spacial score (nSPS) is 21.2. The first-order chi connectivity index (χ1) is 10.9. The number of amides is 1. The van der Waals surface area contributed by atoms with Crippen LogP contribution in [0, 0.1) is 5.92 Å². The molecule has 0 radical (unpaired) electrons. The van der Waals surface area contributed by atoms with E-state index in [2.05, 4.69) is 11.6 Å². The van der Waals surface area contributed by atoms with Gasteiger partial charge in [-0.2, -0.15) is 0 Å². The molecule has 0 aliphatic heterocycles. The number of hydrogen-bond acceptors (Lipinski definition) is 3. The fourth-order valence-electron chi connectivity index (χ4n) is 3.46. The van der Waals surface area contributed by atoms with Crippen molar-refractivity contribution in [3.05, 3.63) is 40.5 Å². The smallest absolute Gasteiger partial charge is 0.264 e. The summed E-state index contributed by atoms with van der Waals surface area (Å²) in [6, 6.07) is 5.20. The molecule has 1 amide bonds. The van der Waals surface area contributed by atoms with E-state index in [0.717, 1.165) is 31.2 Å². The molecule has 0 saturated heterocycles. The van der Waals surface area contributed by atoms with E-state index < -0.39 is 10.0 Å². The predicted octanol–water partition coefficient (Wildman–Crippen LogP) is 3.12. The fraction of sp³-hybridized carbons (Fsp3) is 0.500. The van der Waals surface area contributed by atoms with Gasteiger partial charge in [-0.05, 0) is 75.6 Å². The fourth-order valence-corrected chi connectivity index (χ4v) is 4.56. The van der Waals surface area contributed by atoms with Crippen molar-refractivity contribution in [2.24, 2.45) is 5.92 Å². The topological polar surface area (TPSA) is 63.2 Å². The van der Waals surface area contributed by atoms with Gasteiger partial charge < -0.3 is 0 Å². The molecule has 0 heterocycles. The number of nitrogens with one attached hydrogen (secondary N) is 1.